The second kappa shape index (κ2) is 2.98. The van der Waals surface area contributed by atoms with Gasteiger partial charge in [0.05, 0.1) is 11.0 Å². The van der Waals surface area contributed by atoms with Gasteiger partial charge in [0.25, 0.3) is 0 Å². The van der Waals surface area contributed by atoms with Crippen molar-refractivity contribution in [1.29, 1.82) is 0 Å². The standard InChI is InChI=1S/C8H4BrF3N2/c9-4-1-6-5(13-3-4)2-7(14-6)8(10,11)12/h1-3,14H. The minimum absolute atomic E-state index is 0.306. The molecule has 0 aliphatic carbocycles. The summed E-state index contributed by atoms with van der Waals surface area (Å²) in [5, 5.41) is 0. The predicted octanol–water partition coefficient (Wildman–Crippen LogP) is 3.34. The lowest BCUT2D eigenvalue weighted by molar-refractivity contribution is -0.140. The third kappa shape index (κ3) is 1.61. The molecule has 0 saturated heterocycles. The molecular weight excluding hydrogens is 261 g/mol. The molecule has 2 nitrogen and oxygen atoms in total. The van der Waals surface area contributed by atoms with Gasteiger partial charge in [-0.25, -0.2) is 0 Å². The van der Waals surface area contributed by atoms with E-state index >= 15 is 0 Å². The fourth-order valence-corrected chi connectivity index (χ4v) is 1.47. The normalized spacial score (nSPS) is 12.3. The molecule has 0 aromatic carbocycles. The number of rotatable bonds is 0. The summed E-state index contributed by atoms with van der Waals surface area (Å²) in [4.78, 5) is 6.10. The van der Waals surface area contributed by atoms with E-state index in [4.69, 9.17) is 0 Å². The van der Waals surface area contributed by atoms with E-state index in [0.717, 1.165) is 6.07 Å². The van der Waals surface area contributed by atoms with E-state index in [0.29, 0.717) is 15.5 Å². The van der Waals surface area contributed by atoms with Crippen molar-refractivity contribution in [3.05, 3.63) is 28.5 Å². The van der Waals surface area contributed by atoms with Crippen LogP contribution < -0.4 is 0 Å². The molecule has 0 unspecified atom stereocenters. The van der Waals surface area contributed by atoms with Crippen molar-refractivity contribution in [1.82, 2.24) is 9.97 Å². The number of aromatic nitrogens is 2. The van der Waals surface area contributed by atoms with Gasteiger partial charge < -0.3 is 4.98 Å². The van der Waals surface area contributed by atoms with Crippen molar-refractivity contribution in [3.63, 3.8) is 0 Å². The van der Waals surface area contributed by atoms with Crippen LogP contribution in [0.2, 0.25) is 0 Å². The molecular formula is C8H4BrF3N2. The zero-order valence-corrected chi connectivity index (χ0v) is 8.28. The summed E-state index contributed by atoms with van der Waals surface area (Å²) in [6.45, 7) is 0. The van der Waals surface area contributed by atoms with Crippen LogP contribution in [0.5, 0.6) is 0 Å². The number of nitrogens with zero attached hydrogens (tertiary/aromatic N) is 1. The van der Waals surface area contributed by atoms with E-state index < -0.39 is 11.9 Å². The van der Waals surface area contributed by atoms with Crippen LogP contribution in [0.25, 0.3) is 11.0 Å². The Morgan fingerprint density at radius 1 is 1.29 bits per heavy atom. The van der Waals surface area contributed by atoms with Gasteiger partial charge in [0, 0.05) is 10.7 Å². The maximum Gasteiger partial charge on any atom is 0.431 e. The summed E-state index contributed by atoms with van der Waals surface area (Å²) in [5.41, 5.74) is -0.106. The number of halogens is 4. The molecule has 0 atom stereocenters. The summed E-state index contributed by atoms with van der Waals surface area (Å²) in [6, 6.07) is 2.54. The first-order chi connectivity index (χ1) is 6.47. The van der Waals surface area contributed by atoms with Crippen LogP contribution in [0.15, 0.2) is 22.8 Å². The second-order valence-corrected chi connectivity index (χ2v) is 3.68. The Hall–Kier alpha value is -1.04. The molecule has 74 valence electrons. The number of aromatic amines is 1. The molecule has 0 spiro atoms. The van der Waals surface area contributed by atoms with Crippen molar-refractivity contribution < 1.29 is 13.2 Å². The largest absolute Gasteiger partial charge is 0.431 e. The Kier molecular flexibility index (Phi) is 2.02. The number of alkyl halides is 3. The minimum Gasteiger partial charge on any atom is -0.350 e. The average Bonchev–Trinajstić information content (AvgIpc) is 2.45. The molecule has 2 aromatic rings. The Balaban J connectivity index is 2.63. The predicted molar refractivity (Wildman–Crippen MR) is 48.8 cm³/mol. The number of hydrogen-bond acceptors (Lipinski definition) is 1. The zero-order valence-electron chi connectivity index (χ0n) is 6.69. The molecule has 0 fully saturated rings. The Morgan fingerprint density at radius 2 is 2.00 bits per heavy atom. The van der Waals surface area contributed by atoms with Crippen LogP contribution in [-0.2, 0) is 6.18 Å². The molecule has 2 rings (SSSR count). The SMILES string of the molecule is FC(F)(F)c1cc2ncc(Br)cc2[nH]1. The van der Waals surface area contributed by atoms with Gasteiger partial charge in [-0.2, -0.15) is 13.2 Å². The molecule has 0 amide bonds. The van der Waals surface area contributed by atoms with Crippen molar-refractivity contribution in [2.45, 2.75) is 6.18 Å². The molecule has 14 heavy (non-hydrogen) atoms. The molecule has 0 saturated carbocycles. The van der Waals surface area contributed by atoms with Gasteiger partial charge in [-0.05, 0) is 28.1 Å². The first-order valence-electron chi connectivity index (χ1n) is 3.68. The number of pyridine rings is 1. The topological polar surface area (TPSA) is 28.7 Å². The van der Waals surface area contributed by atoms with Crippen LogP contribution in [0.1, 0.15) is 5.69 Å². The third-order valence-electron chi connectivity index (χ3n) is 1.74. The number of hydrogen-bond donors (Lipinski definition) is 1. The second-order valence-electron chi connectivity index (χ2n) is 2.77. The van der Waals surface area contributed by atoms with E-state index in [2.05, 4.69) is 25.9 Å². The van der Waals surface area contributed by atoms with Crippen LogP contribution >= 0.6 is 15.9 Å². The molecule has 0 radical (unpaired) electrons. The van der Waals surface area contributed by atoms with Gasteiger partial charge in [0.1, 0.15) is 5.69 Å². The van der Waals surface area contributed by atoms with Gasteiger partial charge in [0.15, 0.2) is 0 Å². The fraction of sp³-hybridized carbons (Fsp3) is 0.125. The van der Waals surface area contributed by atoms with Crippen LogP contribution in [-0.4, -0.2) is 9.97 Å². The first-order valence-corrected chi connectivity index (χ1v) is 4.47. The lowest BCUT2D eigenvalue weighted by Crippen LogP contribution is -2.04. The van der Waals surface area contributed by atoms with E-state index in [9.17, 15) is 13.2 Å². The molecule has 2 aromatic heterocycles. The van der Waals surface area contributed by atoms with E-state index in [-0.39, 0.29) is 0 Å². The van der Waals surface area contributed by atoms with Gasteiger partial charge in [-0.15, -0.1) is 0 Å². The van der Waals surface area contributed by atoms with Gasteiger partial charge in [-0.3, -0.25) is 4.98 Å². The Morgan fingerprint density at radius 3 is 2.64 bits per heavy atom. The van der Waals surface area contributed by atoms with Crippen molar-refractivity contribution in [3.8, 4) is 0 Å². The summed E-state index contributed by atoms with van der Waals surface area (Å²) in [6.07, 6.45) is -2.90. The van der Waals surface area contributed by atoms with Gasteiger partial charge in [-0.1, -0.05) is 0 Å². The highest BCUT2D eigenvalue weighted by Crippen LogP contribution is 2.30. The molecule has 2 heterocycles. The zero-order chi connectivity index (χ0) is 10.3. The van der Waals surface area contributed by atoms with Crippen molar-refractivity contribution >= 4 is 27.0 Å². The molecule has 0 aliphatic heterocycles. The highest BCUT2D eigenvalue weighted by atomic mass is 79.9. The highest BCUT2D eigenvalue weighted by molar-refractivity contribution is 9.10. The van der Waals surface area contributed by atoms with Crippen molar-refractivity contribution in [2.24, 2.45) is 0 Å². The maximum absolute atomic E-state index is 12.3. The molecule has 0 bridgehead atoms. The molecule has 1 N–H and O–H groups in total. The third-order valence-corrected chi connectivity index (χ3v) is 2.17. The number of H-pyrrole nitrogens is 1. The van der Waals surface area contributed by atoms with E-state index in [1.54, 1.807) is 6.07 Å². The molecule has 0 aliphatic rings. The van der Waals surface area contributed by atoms with Crippen molar-refractivity contribution in [2.75, 3.05) is 0 Å². The summed E-state index contributed by atoms with van der Waals surface area (Å²) < 4.78 is 37.4. The molecule has 6 heteroatoms. The van der Waals surface area contributed by atoms with E-state index in [1.165, 1.54) is 6.20 Å². The Labute approximate surface area is 85.3 Å². The average molecular weight is 265 g/mol. The Bertz CT molecular complexity index is 475. The number of nitrogens with one attached hydrogen (secondary N) is 1. The van der Waals surface area contributed by atoms with Gasteiger partial charge in [0.2, 0.25) is 0 Å². The number of fused-ring (bicyclic) bond motifs is 1. The quantitative estimate of drug-likeness (QED) is 0.777. The monoisotopic (exact) mass is 264 g/mol. The fourth-order valence-electron chi connectivity index (χ4n) is 1.14. The van der Waals surface area contributed by atoms with Crippen LogP contribution in [0, 0.1) is 0 Å². The highest BCUT2D eigenvalue weighted by Gasteiger charge is 2.32. The lowest BCUT2D eigenvalue weighted by Gasteiger charge is -2.00. The lowest BCUT2D eigenvalue weighted by atomic mass is 10.4. The maximum atomic E-state index is 12.3. The summed E-state index contributed by atoms with van der Waals surface area (Å²) in [5.74, 6) is 0. The smallest absolute Gasteiger partial charge is 0.350 e. The van der Waals surface area contributed by atoms with E-state index in [1.807, 2.05) is 0 Å². The first kappa shape index (κ1) is 9.51. The van der Waals surface area contributed by atoms with Crippen LogP contribution in [0.3, 0.4) is 0 Å². The summed E-state index contributed by atoms with van der Waals surface area (Å²) in [7, 11) is 0. The van der Waals surface area contributed by atoms with Crippen LogP contribution in [0.4, 0.5) is 13.2 Å². The minimum atomic E-state index is -4.35. The van der Waals surface area contributed by atoms with Gasteiger partial charge >= 0.3 is 6.18 Å². The summed E-state index contributed by atoms with van der Waals surface area (Å²) >= 11 is 3.13.